The first kappa shape index (κ1) is 19.5. The standard InChI is InChI=1S/C21H25N3O4/c1-27-18-9-6-16(14-19(18)28-2)21(26)24-11-3-10-23(12-13-24)20(25)15-4-7-17(22)8-5-15/h4-9,14H,3,10-13,22H2,1-2H3. The van der Waals surface area contributed by atoms with Gasteiger partial charge in [0.05, 0.1) is 14.2 Å². The quantitative estimate of drug-likeness (QED) is 0.819. The van der Waals surface area contributed by atoms with Gasteiger partial charge in [0.25, 0.3) is 11.8 Å². The van der Waals surface area contributed by atoms with Crippen molar-refractivity contribution in [1.82, 2.24) is 9.80 Å². The molecule has 2 amide bonds. The number of nitrogens with zero attached hydrogens (tertiary/aromatic N) is 2. The maximum absolute atomic E-state index is 12.9. The van der Waals surface area contributed by atoms with Gasteiger partial charge in [-0.15, -0.1) is 0 Å². The Bertz CT molecular complexity index is 851. The van der Waals surface area contributed by atoms with Crippen molar-refractivity contribution in [2.45, 2.75) is 6.42 Å². The van der Waals surface area contributed by atoms with E-state index in [0.29, 0.717) is 54.5 Å². The van der Waals surface area contributed by atoms with Gasteiger partial charge in [-0.2, -0.15) is 0 Å². The van der Waals surface area contributed by atoms with Crippen molar-refractivity contribution in [2.24, 2.45) is 0 Å². The fourth-order valence-corrected chi connectivity index (χ4v) is 3.28. The van der Waals surface area contributed by atoms with Gasteiger partial charge in [-0.25, -0.2) is 0 Å². The summed E-state index contributed by atoms with van der Waals surface area (Å²) in [6, 6.07) is 12.0. The molecule has 2 N–H and O–H groups in total. The Labute approximate surface area is 164 Å². The first-order valence-electron chi connectivity index (χ1n) is 9.19. The molecule has 2 aromatic rings. The van der Waals surface area contributed by atoms with E-state index in [1.807, 2.05) is 0 Å². The van der Waals surface area contributed by atoms with E-state index in [4.69, 9.17) is 15.2 Å². The molecule has 28 heavy (non-hydrogen) atoms. The van der Waals surface area contributed by atoms with Crippen LogP contribution in [0.5, 0.6) is 11.5 Å². The highest BCUT2D eigenvalue weighted by Gasteiger charge is 2.24. The van der Waals surface area contributed by atoms with Gasteiger partial charge in [0.1, 0.15) is 0 Å². The first-order chi connectivity index (χ1) is 13.5. The van der Waals surface area contributed by atoms with Gasteiger partial charge in [0.15, 0.2) is 11.5 Å². The molecule has 1 aliphatic heterocycles. The number of benzene rings is 2. The zero-order valence-corrected chi connectivity index (χ0v) is 16.2. The van der Waals surface area contributed by atoms with E-state index in [0.717, 1.165) is 6.42 Å². The molecular weight excluding hydrogens is 358 g/mol. The van der Waals surface area contributed by atoms with Crippen molar-refractivity contribution in [1.29, 1.82) is 0 Å². The van der Waals surface area contributed by atoms with Crippen molar-refractivity contribution in [2.75, 3.05) is 46.1 Å². The Morgan fingerprint density at radius 2 is 1.32 bits per heavy atom. The molecule has 0 bridgehead atoms. The topological polar surface area (TPSA) is 85.1 Å². The Balaban J connectivity index is 1.68. The molecule has 3 rings (SSSR count). The van der Waals surface area contributed by atoms with Crippen LogP contribution in [0.25, 0.3) is 0 Å². The smallest absolute Gasteiger partial charge is 0.254 e. The number of amides is 2. The minimum atomic E-state index is -0.0808. The lowest BCUT2D eigenvalue weighted by Gasteiger charge is -2.22. The monoisotopic (exact) mass is 383 g/mol. The summed E-state index contributed by atoms with van der Waals surface area (Å²) < 4.78 is 10.5. The van der Waals surface area contributed by atoms with E-state index in [9.17, 15) is 9.59 Å². The summed E-state index contributed by atoms with van der Waals surface area (Å²) in [5.74, 6) is 0.974. The minimum absolute atomic E-state index is 0.0413. The van der Waals surface area contributed by atoms with E-state index < -0.39 is 0 Å². The molecule has 7 heteroatoms. The number of ether oxygens (including phenoxy) is 2. The van der Waals surface area contributed by atoms with Crippen molar-refractivity contribution in [3.05, 3.63) is 53.6 Å². The number of rotatable bonds is 4. The van der Waals surface area contributed by atoms with Crippen LogP contribution in [0, 0.1) is 0 Å². The van der Waals surface area contributed by atoms with Crippen molar-refractivity contribution < 1.29 is 19.1 Å². The van der Waals surface area contributed by atoms with E-state index in [1.165, 1.54) is 0 Å². The van der Waals surface area contributed by atoms with Gasteiger partial charge in [0.2, 0.25) is 0 Å². The molecule has 1 saturated heterocycles. The lowest BCUT2D eigenvalue weighted by molar-refractivity contribution is 0.0718. The summed E-state index contributed by atoms with van der Waals surface area (Å²) >= 11 is 0. The summed E-state index contributed by atoms with van der Waals surface area (Å²) in [5, 5.41) is 0. The average molecular weight is 383 g/mol. The summed E-state index contributed by atoms with van der Waals surface area (Å²) in [7, 11) is 3.10. The molecule has 1 fully saturated rings. The predicted molar refractivity (Wildman–Crippen MR) is 107 cm³/mol. The van der Waals surface area contributed by atoms with Crippen LogP contribution in [0.3, 0.4) is 0 Å². The Kier molecular flexibility index (Phi) is 6.03. The molecule has 148 valence electrons. The molecule has 0 unspecified atom stereocenters. The number of anilines is 1. The van der Waals surface area contributed by atoms with Crippen molar-refractivity contribution in [3.8, 4) is 11.5 Å². The maximum atomic E-state index is 12.9. The minimum Gasteiger partial charge on any atom is -0.493 e. The molecular formula is C21H25N3O4. The normalized spacial score (nSPS) is 14.4. The van der Waals surface area contributed by atoms with Crippen LogP contribution in [0.1, 0.15) is 27.1 Å². The van der Waals surface area contributed by atoms with E-state index in [2.05, 4.69) is 0 Å². The summed E-state index contributed by atoms with van der Waals surface area (Å²) in [6.07, 6.45) is 0.722. The SMILES string of the molecule is COc1ccc(C(=O)N2CCCN(C(=O)c3ccc(N)cc3)CC2)cc1OC. The number of nitrogens with two attached hydrogens (primary N) is 1. The van der Waals surface area contributed by atoms with Crippen molar-refractivity contribution in [3.63, 3.8) is 0 Å². The second-order valence-electron chi connectivity index (χ2n) is 6.63. The predicted octanol–water partition coefficient (Wildman–Crippen LogP) is 2.27. The molecule has 0 radical (unpaired) electrons. The Morgan fingerprint density at radius 3 is 1.89 bits per heavy atom. The summed E-state index contributed by atoms with van der Waals surface area (Å²) in [6.45, 7) is 2.17. The second-order valence-corrected chi connectivity index (χ2v) is 6.63. The van der Waals surface area contributed by atoms with Crippen LogP contribution < -0.4 is 15.2 Å². The van der Waals surface area contributed by atoms with E-state index >= 15 is 0 Å². The fraction of sp³-hybridized carbons (Fsp3) is 0.333. The van der Waals surface area contributed by atoms with Gasteiger partial charge >= 0.3 is 0 Å². The second kappa shape index (κ2) is 8.65. The number of hydrogen-bond acceptors (Lipinski definition) is 5. The third kappa shape index (κ3) is 4.19. The fourth-order valence-electron chi connectivity index (χ4n) is 3.28. The van der Waals surface area contributed by atoms with E-state index in [-0.39, 0.29) is 11.8 Å². The molecule has 0 saturated carbocycles. The number of nitrogen functional groups attached to an aromatic ring is 1. The highest BCUT2D eigenvalue weighted by atomic mass is 16.5. The van der Waals surface area contributed by atoms with Crippen LogP contribution >= 0.6 is 0 Å². The largest absolute Gasteiger partial charge is 0.493 e. The zero-order valence-electron chi connectivity index (χ0n) is 16.2. The van der Waals surface area contributed by atoms with Gasteiger partial charge in [-0.05, 0) is 48.9 Å². The number of hydrogen-bond donors (Lipinski definition) is 1. The third-order valence-corrected chi connectivity index (χ3v) is 4.86. The van der Waals surface area contributed by atoms with Crippen molar-refractivity contribution >= 4 is 17.5 Å². The molecule has 2 aromatic carbocycles. The van der Waals surface area contributed by atoms with Gasteiger partial charge in [0, 0.05) is 43.0 Å². The lowest BCUT2D eigenvalue weighted by Crippen LogP contribution is -2.37. The van der Waals surface area contributed by atoms with Gasteiger partial charge in [-0.1, -0.05) is 0 Å². The van der Waals surface area contributed by atoms with Crippen LogP contribution in [0.4, 0.5) is 5.69 Å². The lowest BCUT2D eigenvalue weighted by atomic mass is 10.1. The number of methoxy groups -OCH3 is 2. The number of carbonyl (C=O) groups is 2. The van der Waals surface area contributed by atoms with Crippen LogP contribution in [0.2, 0.25) is 0 Å². The maximum Gasteiger partial charge on any atom is 0.254 e. The zero-order chi connectivity index (χ0) is 20.1. The third-order valence-electron chi connectivity index (χ3n) is 4.86. The molecule has 0 aromatic heterocycles. The molecule has 7 nitrogen and oxygen atoms in total. The molecule has 1 aliphatic rings. The van der Waals surface area contributed by atoms with Crippen LogP contribution in [0.15, 0.2) is 42.5 Å². The highest BCUT2D eigenvalue weighted by molar-refractivity contribution is 5.96. The van der Waals surface area contributed by atoms with Crippen LogP contribution in [-0.2, 0) is 0 Å². The summed E-state index contributed by atoms with van der Waals surface area (Å²) in [5.41, 5.74) is 7.46. The summed E-state index contributed by atoms with van der Waals surface area (Å²) in [4.78, 5) is 29.2. The average Bonchev–Trinajstić information content (AvgIpc) is 2.99. The van der Waals surface area contributed by atoms with Gasteiger partial charge in [-0.3, -0.25) is 9.59 Å². The Hall–Kier alpha value is -3.22. The number of carbonyl (C=O) groups excluding carboxylic acids is 2. The van der Waals surface area contributed by atoms with Gasteiger partial charge < -0.3 is 25.0 Å². The molecule has 1 heterocycles. The molecule has 0 aliphatic carbocycles. The Morgan fingerprint density at radius 1 is 0.786 bits per heavy atom. The first-order valence-corrected chi connectivity index (χ1v) is 9.19. The molecule has 0 atom stereocenters. The van der Waals surface area contributed by atoms with Crippen LogP contribution in [-0.4, -0.2) is 62.0 Å². The molecule has 0 spiro atoms. The van der Waals surface area contributed by atoms with E-state index in [1.54, 1.807) is 66.5 Å². The highest BCUT2D eigenvalue weighted by Crippen LogP contribution is 2.28.